The van der Waals surface area contributed by atoms with Crippen LogP contribution in [0.1, 0.15) is 46.0 Å². The van der Waals surface area contributed by atoms with Crippen LogP contribution in [0.25, 0.3) is 0 Å². The largest absolute Gasteiger partial charge is 0.338 e. The van der Waals surface area contributed by atoms with Crippen molar-refractivity contribution in [2.75, 3.05) is 6.54 Å². The fourth-order valence-electron chi connectivity index (χ4n) is 3.67. The lowest BCUT2D eigenvalue weighted by molar-refractivity contribution is -0.132. The Kier molecular flexibility index (Phi) is 2.99. The normalized spacial score (nSPS) is 29.1. The van der Waals surface area contributed by atoms with E-state index in [0.717, 1.165) is 25.7 Å². The molecule has 0 radical (unpaired) electrons. The topological polar surface area (TPSA) is 69.7 Å². The summed E-state index contributed by atoms with van der Waals surface area (Å²) in [6, 6.07) is -0.522. The first-order chi connectivity index (χ1) is 9.44. The van der Waals surface area contributed by atoms with Gasteiger partial charge in [-0.3, -0.25) is 14.5 Å². The van der Waals surface area contributed by atoms with E-state index in [9.17, 15) is 14.4 Å². The predicted octanol–water partition coefficient (Wildman–Crippen LogP) is 0.860. The van der Waals surface area contributed by atoms with Crippen molar-refractivity contribution >= 4 is 17.8 Å². The summed E-state index contributed by atoms with van der Waals surface area (Å²) >= 11 is 0. The number of urea groups is 1. The van der Waals surface area contributed by atoms with E-state index in [4.69, 9.17) is 0 Å². The minimum absolute atomic E-state index is 0.0259. The molecular formula is C14H21N3O3. The monoisotopic (exact) mass is 279 g/mol. The summed E-state index contributed by atoms with van der Waals surface area (Å²) in [6.45, 7) is 4.36. The zero-order chi connectivity index (χ0) is 14.5. The number of rotatable bonds is 2. The lowest BCUT2D eigenvalue weighted by atomic mass is 9.97. The van der Waals surface area contributed by atoms with E-state index in [1.54, 1.807) is 4.90 Å². The number of imide groups is 1. The standard InChI is InChI=1S/C14H21N3O3/c1-9(2)16-8-10(7-11(16)18)17-12(19)14(15-13(17)20)5-3-4-6-14/h9-10H,3-8H2,1-2H3,(H,15,20). The quantitative estimate of drug-likeness (QED) is 0.762. The van der Waals surface area contributed by atoms with Crippen molar-refractivity contribution in [1.82, 2.24) is 15.1 Å². The summed E-state index contributed by atoms with van der Waals surface area (Å²) in [7, 11) is 0. The van der Waals surface area contributed by atoms with E-state index in [2.05, 4.69) is 5.32 Å². The van der Waals surface area contributed by atoms with Gasteiger partial charge in [0, 0.05) is 19.0 Å². The molecule has 0 aromatic rings. The predicted molar refractivity (Wildman–Crippen MR) is 71.8 cm³/mol. The highest BCUT2D eigenvalue weighted by Gasteiger charge is 2.55. The molecule has 6 nitrogen and oxygen atoms in total. The Balaban J connectivity index is 1.80. The van der Waals surface area contributed by atoms with Crippen LogP contribution in [0.5, 0.6) is 0 Å². The third kappa shape index (κ3) is 1.81. The fraction of sp³-hybridized carbons (Fsp3) is 0.786. The summed E-state index contributed by atoms with van der Waals surface area (Å²) in [6.07, 6.45) is 3.65. The second kappa shape index (κ2) is 4.46. The van der Waals surface area contributed by atoms with Crippen molar-refractivity contribution in [3.05, 3.63) is 0 Å². The molecule has 4 amide bonds. The third-order valence-electron chi connectivity index (χ3n) is 4.78. The van der Waals surface area contributed by atoms with Crippen LogP contribution in [0.3, 0.4) is 0 Å². The Hall–Kier alpha value is -1.59. The molecule has 1 atom stereocenters. The highest BCUT2D eigenvalue weighted by molar-refractivity contribution is 6.08. The number of likely N-dealkylation sites (tertiary alicyclic amines) is 1. The summed E-state index contributed by atoms with van der Waals surface area (Å²) in [5.41, 5.74) is -0.675. The van der Waals surface area contributed by atoms with Gasteiger partial charge in [0.25, 0.3) is 5.91 Å². The van der Waals surface area contributed by atoms with E-state index < -0.39 is 5.54 Å². The van der Waals surface area contributed by atoms with E-state index in [1.165, 1.54) is 4.90 Å². The number of carbonyl (C=O) groups excluding carboxylic acids is 3. The number of hydrogen-bond acceptors (Lipinski definition) is 3. The van der Waals surface area contributed by atoms with Crippen LogP contribution in [0.2, 0.25) is 0 Å². The summed E-state index contributed by atoms with van der Waals surface area (Å²) in [5.74, 6) is -0.0959. The van der Waals surface area contributed by atoms with Gasteiger partial charge in [-0.05, 0) is 26.7 Å². The minimum atomic E-state index is -0.675. The molecule has 1 N–H and O–H groups in total. The van der Waals surface area contributed by atoms with Gasteiger partial charge in [-0.25, -0.2) is 4.79 Å². The van der Waals surface area contributed by atoms with Gasteiger partial charge < -0.3 is 10.2 Å². The SMILES string of the molecule is CC(C)N1CC(N2C(=O)NC3(CCCC3)C2=O)CC1=O. The fourth-order valence-corrected chi connectivity index (χ4v) is 3.67. The molecule has 2 aliphatic heterocycles. The highest BCUT2D eigenvalue weighted by Crippen LogP contribution is 2.37. The van der Waals surface area contributed by atoms with E-state index >= 15 is 0 Å². The van der Waals surface area contributed by atoms with Crippen LogP contribution in [-0.4, -0.2) is 51.8 Å². The van der Waals surface area contributed by atoms with Gasteiger partial charge in [0.2, 0.25) is 5.91 Å². The van der Waals surface area contributed by atoms with Gasteiger partial charge in [0.1, 0.15) is 5.54 Å². The van der Waals surface area contributed by atoms with Crippen molar-refractivity contribution in [2.24, 2.45) is 0 Å². The number of nitrogens with one attached hydrogen (secondary N) is 1. The maximum absolute atomic E-state index is 12.6. The third-order valence-corrected chi connectivity index (χ3v) is 4.78. The summed E-state index contributed by atoms with van der Waals surface area (Å²) in [4.78, 5) is 39.8. The van der Waals surface area contributed by atoms with Crippen LogP contribution in [0.4, 0.5) is 4.79 Å². The highest BCUT2D eigenvalue weighted by atomic mass is 16.2. The molecule has 0 aromatic heterocycles. The molecule has 1 unspecified atom stereocenters. The van der Waals surface area contributed by atoms with Crippen LogP contribution in [-0.2, 0) is 9.59 Å². The molecule has 2 saturated heterocycles. The lowest BCUT2D eigenvalue weighted by Gasteiger charge is -2.25. The maximum atomic E-state index is 12.6. The zero-order valence-electron chi connectivity index (χ0n) is 12.0. The minimum Gasteiger partial charge on any atom is -0.338 e. The van der Waals surface area contributed by atoms with Crippen molar-refractivity contribution in [1.29, 1.82) is 0 Å². The first-order valence-corrected chi connectivity index (χ1v) is 7.40. The average Bonchev–Trinajstić information content (AvgIpc) is 3.02. The van der Waals surface area contributed by atoms with Gasteiger partial charge in [-0.2, -0.15) is 0 Å². The number of carbonyl (C=O) groups is 3. The van der Waals surface area contributed by atoms with Crippen LogP contribution < -0.4 is 5.32 Å². The Bertz CT molecular complexity index is 468. The molecule has 110 valence electrons. The molecule has 3 aliphatic rings. The van der Waals surface area contributed by atoms with Gasteiger partial charge in [-0.1, -0.05) is 12.8 Å². The van der Waals surface area contributed by atoms with E-state index in [0.29, 0.717) is 6.54 Å². The molecule has 0 aromatic carbocycles. The average molecular weight is 279 g/mol. The van der Waals surface area contributed by atoms with Gasteiger partial charge in [0.15, 0.2) is 0 Å². The molecular weight excluding hydrogens is 258 g/mol. The number of nitrogens with zero attached hydrogens (tertiary/aromatic N) is 2. The van der Waals surface area contributed by atoms with E-state index in [1.807, 2.05) is 13.8 Å². The molecule has 3 rings (SSSR count). The van der Waals surface area contributed by atoms with Gasteiger partial charge in [-0.15, -0.1) is 0 Å². The molecule has 1 saturated carbocycles. The molecule has 0 bridgehead atoms. The van der Waals surface area contributed by atoms with E-state index in [-0.39, 0.29) is 36.3 Å². The van der Waals surface area contributed by atoms with Crippen LogP contribution >= 0.6 is 0 Å². The van der Waals surface area contributed by atoms with Crippen LogP contribution in [0, 0.1) is 0 Å². The molecule has 20 heavy (non-hydrogen) atoms. The van der Waals surface area contributed by atoms with Crippen LogP contribution in [0.15, 0.2) is 0 Å². The number of hydrogen-bond donors (Lipinski definition) is 1. The van der Waals surface area contributed by atoms with Crippen molar-refractivity contribution in [2.45, 2.75) is 63.6 Å². The zero-order valence-corrected chi connectivity index (χ0v) is 12.0. The first kappa shape index (κ1) is 13.4. The summed E-state index contributed by atoms with van der Waals surface area (Å²) in [5, 5.41) is 2.87. The molecule has 1 spiro atoms. The molecule has 6 heteroatoms. The Morgan fingerprint density at radius 3 is 2.40 bits per heavy atom. The Morgan fingerprint density at radius 2 is 1.85 bits per heavy atom. The molecule has 3 fully saturated rings. The Labute approximate surface area is 118 Å². The van der Waals surface area contributed by atoms with Gasteiger partial charge >= 0.3 is 6.03 Å². The van der Waals surface area contributed by atoms with Crippen molar-refractivity contribution in [3.8, 4) is 0 Å². The smallest absolute Gasteiger partial charge is 0.325 e. The van der Waals surface area contributed by atoms with Crippen molar-refractivity contribution < 1.29 is 14.4 Å². The second-order valence-corrected chi connectivity index (χ2v) is 6.39. The second-order valence-electron chi connectivity index (χ2n) is 6.39. The molecule has 2 heterocycles. The lowest BCUT2D eigenvalue weighted by Crippen LogP contribution is -2.46. The first-order valence-electron chi connectivity index (χ1n) is 7.40. The molecule has 1 aliphatic carbocycles. The Morgan fingerprint density at radius 1 is 1.20 bits per heavy atom. The maximum Gasteiger partial charge on any atom is 0.325 e. The number of amides is 4. The van der Waals surface area contributed by atoms with Gasteiger partial charge in [0.05, 0.1) is 6.04 Å². The van der Waals surface area contributed by atoms with Crippen molar-refractivity contribution in [3.63, 3.8) is 0 Å². The summed E-state index contributed by atoms with van der Waals surface area (Å²) < 4.78 is 0.